The predicted molar refractivity (Wildman–Crippen MR) is 75.8 cm³/mol. The number of benzene rings is 1. The first-order valence-corrected chi connectivity index (χ1v) is 6.27. The van der Waals surface area contributed by atoms with Crippen LogP contribution in [0.15, 0.2) is 49.2 Å². The average Bonchev–Trinajstić information content (AvgIpc) is 2.92. The Morgan fingerprint density at radius 1 is 1.20 bits per heavy atom. The molecule has 3 rings (SSSR count). The van der Waals surface area contributed by atoms with Gasteiger partial charge in [-0.2, -0.15) is 0 Å². The molecular weight excluding hydrogens is 252 g/mol. The lowest BCUT2D eigenvalue weighted by molar-refractivity contribution is 0.919. The molecule has 3 aromatic rings. The maximum atomic E-state index is 4.20. The molecule has 0 aliphatic carbocycles. The van der Waals surface area contributed by atoms with E-state index in [-0.39, 0.29) is 0 Å². The second-order valence-electron chi connectivity index (χ2n) is 4.37. The number of nitrogens with one attached hydrogen (secondary N) is 1. The first-order valence-electron chi connectivity index (χ1n) is 6.27. The minimum absolute atomic E-state index is 0.636. The number of rotatable bonds is 4. The average molecular weight is 266 g/mol. The largest absolute Gasteiger partial charge is 0.379 e. The summed E-state index contributed by atoms with van der Waals surface area (Å²) in [5.74, 6) is 0.829. The van der Waals surface area contributed by atoms with Crippen LogP contribution in [0.4, 0.5) is 5.69 Å². The second kappa shape index (κ2) is 5.48. The number of hydrogen-bond donors (Lipinski definition) is 1. The van der Waals surface area contributed by atoms with Gasteiger partial charge in [0.1, 0.15) is 12.7 Å². The molecule has 2 aromatic heterocycles. The third-order valence-corrected chi connectivity index (χ3v) is 2.98. The normalized spacial score (nSPS) is 10.4. The van der Waals surface area contributed by atoms with Crippen LogP contribution in [-0.2, 0) is 13.6 Å². The fourth-order valence-electron chi connectivity index (χ4n) is 1.97. The lowest BCUT2D eigenvalue weighted by Gasteiger charge is -2.11. The topological polar surface area (TPSA) is 68.5 Å². The van der Waals surface area contributed by atoms with Crippen molar-refractivity contribution in [1.29, 1.82) is 0 Å². The Kier molecular flexibility index (Phi) is 3.36. The number of aryl methyl sites for hydroxylation is 1. The van der Waals surface area contributed by atoms with Crippen LogP contribution in [0.5, 0.6) is 0 Å². The van der Waals surface area contributed by atoms with Gasteiger partial charge in [-0.15, -0.1) is 10.2 Å². The molecule has 1 N–H and O–H groups in total. The second-order valence-corrected chi connectivity index (χ2v) is 4.37. The Morgan fingerprint density at radius 3 is 2.85 bits per heavy atom. The van der Waals surface area contributed by atoms with Crippen molar-refractivity contribution >= 4 is 5.69 Å². The molecule has 0 bridgehead atoms. The zero-order valence-corrected chi connectivity index (χ0v) is 11.1. The SMILES string of the molecule is Cn1cnnc1-c1ccccc1NCc1ccncn1. The molecule has 1 aromatic carbocycles. The van der Waals surface area contributed by atoms with Gasteiger partial charge in [0.25, 0.3) is 0 Å². The van der Waals surface area contributed by atoms with E-state index in [0.717, 1.165) is 22.8 Å². The van der Waals surface area contributed by atoms with Gasteiger partial charge in [0.2, 0.25) is 0 Å². The van der Waals surface area contributed by atoms with Gasteiger partial charge < -0.3 is 9.88 Å². The molecule has 100 valence electrons. The zero-order valence-electron chi connectivity index (χ0n) is 11.1. The van der Waals surface area contributed by atoms with E-state index in [1.165, 1.54) is 0 Å². The van der Waals surface area contributed by atoms with Crippen LogP contribution in [0, 0.1) is 0 Å². The summed E-state index contributed by atoms with van der Waals surface area (Å²) in [6, 6.07) is 9.90. The molecule has 6 heteroatoms. The van der Waals surface area contributed by atoms with Crippen LogP contribution in [0.3, 0.4) is 0 Å². The number of anilines is 1. The summed E-state index contributed by atoms with van der Waals surface area (Å²) < 4.78 is 1.89. The summed E-state index contributed by atoms with van der Waals surface area (Å²) in [6.07, 6.45) is 4.97. The van der Waals surface area contributed by atoms with Gasteiger partial charge in [0.05, 0.1) is 12.2 Å². The zero-order chi connectivity index (χ0) is 13.8. The van der Waals surface area contributed by atoms with Gasteiger partial charge in [-0.3, -0.25) is 0 Å². The van der Waals surface area contributed by atoms with E-state index in [1.54, 1.807) is 18.9 Å². The number of para-hydroxylation sites is 1. The van der Waals surface area contributed by atoms with E-state index < -0.39 is 0 Å². The number of aromatic nitrogens is 5. The smallest absolute Gasteiger partial charge is 0.165 e. The van der Waals surface area contributed by atoms with Crippen molar-refractivity contribution in [3.05, 3.63) is 54.9 Å². The van der Waals surface area contributed by atoms with E-state index in [2.05, 4.69) is 25.5 Å². The highest BCUT2D eigenvalue weighted by Gasteiger charge is 2.09. The lowest BCUT2D eigenvalue weighted by Crippen LogP contribution is -2.04. The summed E-state index contributed by atoms with van der Waals surface area (Å²) in [4.78, 5) is 8.11. The molecule has 0 aliphatic heterocycles. The van der Waals surface area contributed by atoms with Crippen molar-refractivity contribution in [2.24, 2.45) is 7.05 Å². The molecule has 0 spiro atoms. The summed E-state index contributed by atoms with van der Waals surface area (Å²) in [6.45, 7) is 0.636. The van der Waals surface area contributed by atoms with E-state index in [0.29, 0.717) is 6.54 Å². The third-order valence-electron chi connectivity index (χ3n) is 2.98. The Bertz CT molecular complexity index is 692. The Labute approximate surface area is 116 Å². The van der Waals surface area contributed by atoms with Crippen molar-refractivity contribution in [3.63, 3.8) is 0 Å². The lowest BCUT2D eigenvalue weighted by atomic mass is 10.1. The molecule has 6 nitrogen and oxygen atoms in total. The van der Waals surface area contributed by atoms with Gasteiger partial charge in [0.15, 0.2) is 5.82 Å². The monoisotopic (exact) mass is 266 g/mol. The molecular formula is C14H14N6. The minimum Gasteiger partial charge on any atom is -0.379 e. The van der Waals surface area contributed by atoms with Crippen molar-refractivity contribution in [2.45, 2.75) is 6.54 Å². The standard InChI is InChI=1S/C14H14N6/c1-20-10-18-19-14(20)12-4-2-3-5-13(12)16-8-11-6-7-15-9-17-11/h2-7,9-10,16H,8H2,1H3. The first kappa shape index (κ1) is 12.3. The molecule has 0 radical (unpaired) electrons. The fraction of sp³-hybridized carbons (Fsp3) is 0.143. The van der Waals surface area contributed by atoms with Gasteiger partial charge in [0, 0.05) is 24.5 Å². The molecule has 0 amide bonds. The maximum Gasteiger partial charge on any atom is 0.165 e. The first-order chi connectivity index (χ1) is 9.84. The highest BCUT2D eigenvalue weighted by molar-refractivity contribution is 5.73. The van der Waals surface area contributed by atoms with Crippen molar-refractivity contribution < 1.29 is 0 Å². The van der Waals surface area contributed by atoms with Crippen LogP contribution in [0.25, 0.3) is 11.4 Å². The maximum absolute atomic E-state index is 4.20. The Morgan fingerprint density at radius 2 is 2.10 bits per heavy atom. The summed E-state index contributed by atoms with van der Waals surface area (Å²) in [7, 11) is 1.93. The van der Waals surface area contributed by atoms with Crippen LogP contribution in [-0.4, -0.2) is 24.7 Å². The predicted octanol–water partition coefficient (Wildman–Crippen LogP) is 1.88. The van der Waals surface area contributed by atoms with Crippen molar-refractivity contribution in [1.82, 2.24) is 24.7 Å². The molecule has 0 atom stereocenters. The summed E-state index contributed by atoms with van der Waals surface area (Å²) in [5, 5.41) is 11.4. The van der Waals surface area contributed by atoms with Crippen molar-refractivity contribution in [2.75, 3.05) is 5.32 Å². The molecule has 0 aliphatic rings. The highest BCUT2D eigenvalue weighted by atomic mass is 15.2. The van der Waals surface area contributed by atoms with Gasteiger partial charge in [-0.25, -0.2) is 9.97 Å². The van der Waals surface area contributed by atoms with E-state index in [1.807, 2.05) is 41.9 Å². The number of nitrogens with zero attached hydrogens (tertiary/aromatic N) is 5. The quantitative estimate of drug-likeness (QED) is 0.781. The van der Waals surface area contributed by atoms with E-state index in [9.17, 15) is 0 Å². The Balaban J connectivity index is 1.86. The van der Waals surface area contributed by atoms with Crippen LogP contribution >= 0.6 is 0 Å². The third kappa shape index (κ3) is 2.49. The summed E-state index contributed by atoms with van der Waals surface area (Å²) in [5.41, 5.74) is 2.96. The molecule has 2 heterocycles. The van der Waals surface area contributed by atoms with Gasteiger partial charge in [-0.1, -0.05) is 12.1 Å². The van der Waals surface area contributed by atoms with Gasteiger partial charge >= 0.3 is 0 Å². The highest BCUT2D eigenvalue weighted by Crippen LogP contribution is 2.25. The molecule has 0 saturated heterocycles. The molecule has 0 saturated carbocycles. The molecule has 0 unspecified atom stereocenters. The van der Waals surface area contributed by atoms with E-state index >= 15 is 0 Å². The molecule has 20 heavy (non-hydrogen) atoms. The van der Waals surface area contributed by atoms with E-state index in [4.69, 9.17) is 0 Å². The number of hydrogen-bond acceptors (Lipinski definition) is 5. The van der Waals surface area contributed by atoms with Crippen LogP contribution in [0.1, 0.15) is 5.69 Å². The van der Waals surface area contributed by atoms with Crippen molar-refractivity contribution in [3.8, 4) is 11.4 Å². The molecule has 0 fully saturated rings. The minimum atomic E-state index is 0.636. The summed E-state index contributed by atoms with van der Waals surface area (Å²) >= 11 is 0. The van der Waals surface area contributed by atoms with Gasteiger partial charge in [-0.05, 0) is 18.2 Å². The van der Waals surface area contributed by atoms with Crippen LogP contribution in [0.2, 0.25) is 0 Å². The van der Waals surface area contributed by atoms with Crippen LogP contribution < -0.4 is 5.32 Å². The Hall–Kier alpha value is -2.76. The fourth-order valence-corrected chi connectivity index (χ4v) is 1.97.